The molecule has 8 heavy (non-hydrogen) atoms. The van der Waals surface area contributed by atoms with E-state index in [1.54, 1.807) is 6.92 Å². The summed E-state index contributed by atoms with van der Waals surface area (Å²) in [7, 11) is 3.26. The van der Waals surface area contributed by atoms with Crippen LogP contribution in [0, 0.1) is 23.7 Å². The van der Waals surface area contributed by atoms with Crippen LogP contribution in [0.3, 0.4) is 0 Å². The van der Waals surface area contributed by atoms with Crippen LogP contribution >= 0.6 is 0 Å². The van der Waals surface area contributed by atoms with E-state index in [2.05, 4.69) is 36.2 Å². The van der Waals surface area contributed by atoms with Gasteiger partial charge in [-0.3, -0.25) is 0 Å². The topological polar surface area (TPSA) is 12.4 Å². The van der Waals surface area contributed by atoms with Gasteiger partial charge in [0.2, 0.25) is 0 Å². The van der Waals surface area contributed by atoms with E-state index in [4.69, 9.17) is 0 Å². The molecule has 0 rings (SSSR count). The molecule has 0 spiro atoms. The molecule has 0 bridgehead atoms. The maximum atomic E-state index is 3.52. The maximum absolute atomic E-state index is 3.52. The van der Waals surface area contributed by atoms with Gasteiger partial charge in [-0.05, 0) is 0 Å². The predicted octanol–water partition coefficient (Wildman–Crippen LogP) is 0.0975. The van der Waals surface area contributed by atoms with Gasteiger partial charge >= 0.3 is 49.7 Å². The third kappa shape index (κ3) is 4.98. The number of hydrogen-bond acceptors (Lipinski definition) is 1. The van der Waals surface area contributed by atoms with E-state index in [1.807, 2.05) is 0 Å². The Morgan fingerprint density at radius 3 is 2.75 bits per heavy atom. The minimum absolute atomic E-state index is 0.481. The summed E-state index contributed by atoms with van der Waals surface area (Å²) in [6.45, 7) is 2.23. The Balaban J connectivity index is 3.45. The van der Waals surface area contributed by atoms with Crippen LogP contribution in [0.15, 0.2) is 4.90 Å². The fourth-order valence-electron chi connectivity index (χ4n) is 0.202. The summed E-state index contributed by atoms with van der Waals surface area (Å²) < 4.78 is 0. The van der Waals surface area contributed by atoms with Crippen LogP contribution in [0.2, 0.25) is 0 Å². The Morgan fingerprint density at radius 1 is 1.50 bits per heavy atom. The van der Waals surface area contributed by atoms with Crippen LogP contribution < -0.4 is 0 Å². The van der Waals surface area contributed by atoms with Crippen molar-refractivity contribution >= 4 is 7.64 Å². The number of hydrogen-bond donors (Lipinski definition) is 0. The predicted molar refractivity (Wildman–Crippen MR) is 35.7 cm³/mol. The Kier molecular flexibility index (Phi) is 5.23. The molecule has 0 aliphatic carbocycles. The summed E-state index contributed by atoms with van der Waals surface area (Å²) in [6.07, 6.45) is 0. The first-order chi connectivity index (χ1) is 3.91. The molecule has 0 aliphatic rings. The second-order valence-corrected chi connectivity index (χ2v) is 1.06. The van der Waals surface area contributed by atoms with Crippen molar-refractivity contribution in [1.82, 2.24) is 0 Å². The van der Waals surface area contributed by atoms with Crippen LogP contribution in [-0.4, -0.2) is 14.2 Å². The first kappa shape index (κ1) is 6.98. The zero-order valence-electron chi connectivity index (χ0n) is 4.86. The molecular weight excluding hydrogens is 96.9 g/mol. The zero-order valence-corrected chi connectivity index (χ0v) is 4.86. The van der Waals surface area contributed by atoms with Crippen molar-refractivity contribution in [3.05, 3.63) is 0 Å². The van der Waals surface area contributed by atoms with Crippen molar-refractivity contribution in [2.24, 2.45) is 4.90 Å². The second kappa shape index (κ2) is 5.98. The molecule has 0 aromatic rings. The molecule has 0 radical (unpaired) electrons. The van der Waals surface area contributed by atoms with Gasteiger partial charge in [-0.15, -0.1) is 0 Å². The zero-order chi connectivity index (χ0) is 6.24. The summed E-state index contributed by atoms with van der Waals surface area (Å²) in [4.78, 5) is 3.52. The van der Waals surface area contributed by atoms with Gasteiger partial charge in [-0.25, -0.2) is 0 Å². The molecule has 1 nitrogen and oxygen atoms in total. The molecule has 0 aromatic heterocycles. The fourth-order valence-corrected chi connectivity index (χ4v) is 0.202. The Bertz CT molecular complexity index is 174. The van der Waals surface area contributed by atoms with Crippen LogP contribution in [-0.2, 0) is 0 Å². The summed E-state index contributed by atoms with van der Waals surface area (Å²) in [5.41, 5.74) is 0. The van der Waals surface area contributed by atoms with Crippen LogP contribution in [0.1, 0.15) is 6.92 Å². The summed E-state index contributed by atoms with van der Waals surface area (Å²) >= 11 is 0. The minimum atomic E-state index is 0.481. The molecule has 38 valence electrons. The van der Waals surface area contributed by atoms with Crippen LogP contribution in [0.5, 0.6) is 0 Å². The summed E-state index contributed by atoms with van der Waals surface area (Å²) in [5, 5.41) is 0. The van der Waals surface area contributed by atoms with Crippen LogP contribution in [0.25, 0.3) is 0 Å². The molecule has 0 aromatic carbocycles. The molecule has 0 saturated carbocycles. The molecule has 0 saturated heterocycles. The van der Waals surface area contributed by atoms with Crippen molar-refractivity contribution in [3.8, 4) is 23.7 Å². The van der Waals surface area contributed by atoms with Gasteiger partial charge in [0.25, 0.3) is 0 Å². The van der Waals surface area contributed by atoms with Crippen molar-refractivity contribution in [2.45, 2.75) is 6.92 Å². The third-order valence-electron chi connectivity index (χ3n) is 0.467. The SMILES string of the molecule is B=NCC#CC#CC. The van der Waals surface area contributed by atoms with E-state index in [0.717, 1.165) is 0 Å². The average Bonchev–Trinajstić information content (AvgIpc) is 1.81. The fraction of sp³-hybridized carbons (Fsp3) is 0.333. The Hall–Kier alpha value is -1.02. The summed E-state index contributed by atoms with van der Waals surface area (Å²) in [5.74, 6) is 10.5. The normalized spacial score (nSPS) is 5.00. The van der Waals surface area contributed by atoms with Crippen LogP contribution in [0.4, 0.5) is 0 Å². The molecule has 0 heterocycles. The first-order valence-corrected chi connectivity index (χ1v) is 2.24. The Morgan fingerprint density at radius 2 is 2.25 bits per heavy atom. The Labute approximate surface area is 50.6 Å². The van der Waals surface area contributed by atoms with Gasteiger partial charge in [0.05, 0.1) is 0 Å². The van der Waals surface area contributed by atoms with Crippen molar-refractivity contribution in [1.29, 1.82) is 0 Å². The quantitative estimate of drug-likeness (QED) is 0.329. The van der Waals surface area contributed by atoms with E-state index >= 15 is 0 Å². The first-order valence-electron chi connectivity index (χ1n) is 2.24. The molecule has 0 N–H and O–H groups in total. The number of rotatable bonds is 1. The van der Waals surface area contributed by atoms with Gasteiger partial charge in [0.1, 0.15) is 0 Å². The monoisotopic (exact) mass is 103 g/mol. The van der Waals surface area contributed by atoms with Gasteiger partial charge < -0.3 is 0 Å². The summed E-state index contributed by atoms with van der Waals surface area (Å²) in [6, 6.07) is 0. The van der Waals surface area contributed by atoms with E-state index in [0.29, 0.717) is 6.54 Å². The standard InChI is InChI=1S/C6H6BN/c1-2-3-4-5-6-8-7/h7H,6H2,1H3. The van der Waals surface area contributed by atoms with E-state index in [-0.39, 0.29) is 0 Å². The second-order valence-electron chi connectivity index (χ2n) is 1.06. The van der Waals surface area contributed by atoms with E-state index < -0.39 is 0 Å². The van der Waals surface area contributed by atoms with Crippen molar-refractivity contribution < 1.29 is 0 Å². The molecule has 0 amide bonds. The van der Waals surface area contributed by atoms with E-state index in [9.17, 15) is 0 Å². The van der Waals surface area contributed by atoms with Crippen molar-refractivity contribution in [2.75, 3.05) is 6.54 Å². The van der Waals surface area contributed by atoms with Gasteiger partial charge in [0.15, 0.2) is 0 Å². The third-order valence-corrected chi connectivity index (χ3v) is 0.467. The molecule has 0 atom stereocenters. The number of nitrogens with zero attached hydrogens (tertiary/aromatic N) is 1. The average molecular weight is 103 g/mol. The molecule has 0 aliphatic heterocycles. The molecule has 2 heteroatoms. The van der Waals surface area contributed by atoms with Gasteiger partial charge in [-0.1, -0.05) is 0 Å². The van der Waals surface area contributed by atoms with Gasteiger partial charge in [0, 0.05) is 0 Å². The van der Waals surface area contributed by atoms with Crippen molar-refractivity contribution in [3.63, 3.8) is 0 Å². The molecule has 0 fully saturated rings. The van der Waals surface area contributed by atoms with Gasteiger partial charge in [-0.2, -0.15) is 0 Å². The molecule has 0 unspecified atom stereocenters. The molecular formula is C6H6BN. The van der Waals surface area contributed by atoms with E-state index in [1.165, 1.54) is 0 Å².